The summed E-state index contributed by atoms with van der Waals surface area (Å²) in [5, 5.41) is 0. The number of hydrogen-bond acceptors (Lipinski definition) is 4. The summed E-state index contributed by atoms with van der Waals surface area (Å²) in [6.07, 6.45) is 4.98. The Kier molecular flexibility index (Phi) is 3.93. The van der Waals surface area contributed by atoms with Crippen molar-refractivity contribution in [1.82, 2.24) is 0 Å². The van der Waals surface area contributed by atoms with Crippen molar-refractivity contribution in [1.29, 1.82) is 0 Å². The molecule has 1 unspecified atom stereocenters. The van der Waals surface area contributed by atoms with Gasteiger partial charge in [0.2, 0.25) is 11.8 Å². The Bertz CT molecular complexity index is 1120. The lowest BCUT2D eigenvalue weighted by molar-refractivity contribution is -0.123. The first-order valence-electron chi connectivity index (χ1n) is 9.61. The number of carbonyl (C=O) groups is 2. The van der Waals surface area contributed by atoms with E-state index in [1.54, 1.807) is 12.1 Å². The average Bonchev–Trinajstić information content (AvgIpc) is 3.38. The number of benzene rings is 2. The van der Waals surface area contributed by atoms with Crippen molar-refractivity contribution < 1.29 is 18.0 Å². The van der Waals surface area contributed by atoms with Crippen LogP contribution in [-0.2, 0) is 19.6 Å². The van der Waals surface area contributed by atoms with Crippen LogP contribution in [-0.4, -0.2) is 20.2 Å². The Morgan fingerprint density at radius 2 is 1.48 bits per heavy atom. The van der Waals surface area contributed by atoms with Crippen LogP contribution >= 0.6 is 0 Å². The first-order chi connectivity index (χ1) is 13.9. The van der Waals surface area contributed by atoms with Gasteiger partial charge in [-0.05, 0) is 61.1 Å². The Morgan fingerprint density at radius 1 is 0.897 bits per heavy atom. The van der Waals surface area contributed by atoms with Crippen molar-refractivity contribution >= 4 is 33.2 Å². The van der Waals surface area contributed by atoms with E-state index in [-0.39, 0.29) is 40.4 Å². The zero-order valence-electron chi connectivity index (χ0n) is 15.8. The molecule has 1 N–H and O–H groups in total. The Balaban J connectivity index is 1.40. The highest BCUT2D eigenvalue weighted by Gasteiger charge is 2.59. The van der Waals surface area contributed by atoms with Gasteiger partial charge in [0.15, 0.2) is 0 Å². The first-order valence-corrected chi connectivity index (χ1v) is 11.1. The van der Waals surface area contributed by atoms with Crippen LogP contribution < -0.4 is 9.62 Å². The molecule has 0 radical (unpaired) electrons. The summed E-state index contributed by atoms with van der Waals surface area (Å²) in [6.45, 7) is 1.82. The Hall–Kier alpha value is -2.93. The molecular weight excluding hydrogens is 388 g/mol. The third kappa shape index (κ3) is 2.72. The molecule has 2 fully saturated rings. The number of fused-ring (bicyclic) bond motifs is 5. The van der Waals surface area contributed by atoms with Crippen LogP contribution in [0.15, 0.2) is 65.6 Å². The summed E-state index contributed by atoms with van der Waals surface area (Å²) >= 11 is 0. The predicted molar refractivity (Wildman–Crippen MR) is 109 cm³/mol. The third-order valence-corrected chi connectivity index (χ3v) is 7.65. The molecule has 5 rings (SSSR count). The molecule has 7 heteroatoms. The van der Waals surface area contributed by atoms with Crippen molar-refractivity contribution in [2.45, 2.75) is 18.2 Å². The summed E-state index contributed by atoms with van der Waals surface area (Å²) < 4.78 is 28.0. The van der Waals surface area contributed by atoms with Crippen molar-refractivity contribution in [2.24, 2.45) is 23.7 Å². The Labute approximate surface area is 169 Å². The molecule has 1 heterocycles. The SMILES string of the molecule is Cc1ccccc1NS(=O)(=O)c1ccc(N2C(=O)[C@@H]3[C@H]4C=CC(C4)[C@@H]3C2=O)cc1. The fraction of sp³-hybridized carbons (Fsp3) is 0.273. The van der Waals surface area contributed by atoms with Crippen LogP contribution in [0, 0.1) is 30.6 Å². The van der Waals surface area contributed by atoms with Gasteiger partial charge < -0.3 is 0 Å². The van der Waals surface area contributed by atoms with Crippen molar-refractivity contribution in [3.8, 4) is 0 Å². The molecule has 1 saturated carbocycles. The number of hydrogen-bond donors (Lipinski definition) is 1. The van der Waals surface area contributed by atoms with Gasteiger partial charge in [-0.3, -0.25) is 19.2 Å². The number of aryl methyl sites for hydroxylation is 1. The second-order valence-corrected chi connectivity index (χ2v) is 9.61. The molecule has 29 heavy (non-hydrogen) atoms. The lowest BCUT2D eigenvalue weighted by Crippen LogP contribution is -2.32. The first kappa shape index (κ1) is 18.1. The maximum atomic E-state index is 12.9. The number of rotatable bonds is 4. The van der Waals surface area contributed by atoms with E-state index in [0.29, 0.717) is 11.4 Å². The second kappa shape index (κ2) is 6.29. The molecule has 0 spiro atoms. The summed E-state index contributed by atoms with van der Waals surface area (Å²) in [7, 11) is -3.77. The Morgan fingerprint density at radius 3 is 2.07 bits per heavy atom. The highest BCUT2D eigenvalue weighted by Crippen LogP contribution is 2.53. The van der Waals surface area contributed by atoms with Crippen LogP contribution in [0.2, 0.25) is 0 Å². The average molecular weight is 408 g/mol. The van der Waals surface area contributed by atoms with E-state index in [1.807, 2.05) is 31.2 Å². The molecule has 2 aromatic carbocycles. The van der Waals surface area contributed by atoms with Gasteiger partial charge in [-0.1, -0.05) is 30.4 Å². The molecule has 2 aromatic rings. The van der Waals surface area contributed by atoms with E-state index >= 15 is 0 Å². The summed E-state index contributed by atoms with van der Waals surface area (Å²) in [5.41, 5.74) is 1.75. The minimum Gasteiger partial charge on any atom is -0.279 e. The largest absolute Gasteiger partial charge is 0.279 e. The number of para-hydroxylation sites is 1. The van der Waals surface area contributed by atoms with Gasteiger partial charge in [-0.15, -0.1) is 0 Å². The van der Waals surface area contributed by atoms with E-state index in [1.165, 1.54) is 29.2 Å². The fourth-order valence-corrected chi connectivity index (χ4v) is 5.95. The molecule has 3 aliphatic rings. The normalized spacial score (nSPS) is 27.6. The van der Waals surface area contributed by atoms with Crippen LogP contribution in [0.3, 0.4) is 0 Å². The highest BCUT2D eigenvalue weighted by atomic mass is 32.2. The van der Waals surface area contributed by atoms with Gasteiger partial charge in [0.05, 0.1) is 28.1 Å². The summed E-state index contributed by atoms with van der Waals surface area (Å²) in [6, 6.07) is 13.0. The predicted octanol–water partition coefficient (Wildman–Crippen LogP) is 3.11. The van der Waals surface area contributed by atoms with E-state index in [4.69, 9.17) is 0 Å². The molecule has 148 valence electrons. The standard InChI is InChI=1S/C22H20N2O4S/c1-13-4-2-3-5-18(13)23-29(27,28)17-10-8-16(9-11-17)24-21(25)19-14-6-7-15(12-14)20(19)22(24)26/h2-11,14-15,19-20,23H,12H2,1H3/t14-,15?,19+,20-/m0/s1. The third-order valence-electron chi connectivity index (χ3n) is 6.26. The number of allylic oxidation sites excluding steroid dienone is 2. The van der Waals surface area contributed by atoms with Gasteiger partial charge in [0.1, 0.15) is 0 Å². The number of anilines is 2. The lowest BCUT2D eigenvalue weighted by Gasteiger charge is -2.18. The van der Waals surface area contributed by atoms with Gasteiger partial charge in [0.25, 0.3) is 10.0 Å². The maximum Gasteiger partial charge on any atom is 0.261 e. The number of nitrogens with zero attached hydrogens (tertiary/aromatic N) is 1. The zero-order chi connectivity index (χ0) is 20.3. The second-order valence-electron chi connectivity index (χ2n) is 7.93. The van der Waals surface area contributed by atoms with Gasteiger partial charge >= 0.3 is 0 Å². The maximum absolute atomic E-state index is 12.9. The number of imide groups is 1. The lowest BCUT2D eigenvalue weighted by atomic mass is 9.85. The molecule has 2 aliphatic carbocycles. The van der Waals surface area contributed by atoms with Crippen LogP contribution in [0.25, 0.3) is 0 Å². The van der Waals surface area contributed by atoms with E-state index < -0.39 is 10.0 Å². The molecule has 1 saturated heterocycles. The monoisotopic (exact) mass is 408 g/mol. The van der Waals surface area contributed by atoms with Crippen molar-refractivity contribution in [3.63, 3.8) is 0 Å². The van der Waals surface area contributed by atoms with Crippen molar-refractivity contribution in [2.75, 3.05) is 9.62 Å². The molecule has 2 bridgehead atoms. The van der Waals surface area contributed by atoms with E-state index in [2.05, 4.69) is 4.72 Å². The van der Waals surface area contributed by atoms with E-state index in [9.17, 15) is 18.0 Å². The molecular formula is C22H20N2O4S. The number of carbonyl (C=O) groups excluding carboxylic acids is 2. The zero-order valence-corrected chi connectivity index (χ0v) is 16.6. The minimum atomic E-state index is -3.77. The van der Waals surface area contributed by atoms with Gasteiger partial charge in [-0.2, -0.15) is 0 Å². The number of sulfonamides is 1. The molecule has 2 amide bonds. The highest BCUT2D eigenvalue weighted by molar-refractivity contribution is 7.92. The fourth-order valence-electron chi connectivity index (χ4n) is 4.82. The topological polar surface area (TPSA) is 83.6 Å². The summed E-state index contributed by atoms with van der Waals surface area (Å²) in [4.78, 5) is 27.1. The molecule has 0 aromatic heterocycles. The molecule has 4 atom stereocenters. The molecule has 6 nitrogen and oxygen atoms in total. The van der Waals surface area contributed by atoms with Crippen LogP contribution in [0.1, 0.15) is 12.0 Å². The van der Waals surface area contributed by atoms with Crippen LogP contribution in [0.5, 0.6) is 0 Å². The number of nitrogens with one attached hydrogen (secondary N) is 1. The van der Waals surface area contributed by atoms with Gasteiger partial charge in [0, 0.05) is 0 Å². The van der Waals surface area contributed by atoms with Crippen molar-refractivity contribution in [3.05, 3.63) is 66.2 Å². The minimum absolute atomic E-state index is 0.0746. The quantitative estimate of drug-likeness (QED) is 0.622. The smallest absolute Gasteiger partial charge is 0.261 e. The molecule has 1 aliphatic heterocycles. The van der Waals surface area contributed by atoms with Crippen LogP contribution in [0.4, 0.5) is 11.4 Å². The number of amides is 2. The summed E-state index contributed by atoms with van der Waals surface area (Å²) in [5.74, 6) is -0.614. The van der Waals surface area contributed by atoms with Gasteiger partial charge in [-0.25, -0.2) is 8.42 Å². The van der Waals surface area contributed by atoms with E-state index in [0.717, 1.165) is 12.0 Å².